The molecule has 0 aliphatic carbocycles. The van der Waals surface area contributed by atoms with Gasteiger partial charge in [-0.2, -0.15) is 0 Å². The van der Waals surface area contributed by atoms with Crippen LogP contribution < -0.4 is 0 Å². The van der Waals surface area contributed by atoms with Crippen LogP contribution >= 0.6 is 0 Å². The average Bonchev–Trinajstić information content (AvgIpc) is 1.53. The maximum absolute atomic E-state index is 9.31. The molecule has 18 aromatic carbocycles. The van der Waals surface area contributed by atoms with Gasteiger partial charge in [0.05, 0.1) is 97.7 Å². The van der Waals surface area contributed by atoms with Gasteiger partial charge in [-0.1, -0.05) is 317 Å². The van der Waals surface area contributed by atoms with Crippen molar-refractivity contribution in [3.63, 3.8) is 0 Å². The van der Waals surface area contributed by atoms with Crippen molar-refractivity contribution in [3.05, 3.63) is 435 Å². The highest BCUT2D eigenvalue weighted by Crippen LogP contribution is 2.44. The summed E-state index contributed by atoms with van der Waals surface area (Å²) in [5, 5.41) is 7.73. The predicted octanol–water partition coefficient (Wildman–Crippen LogP) is 32.5. The van der Waals surface area contributed by atoms with Crippen molar-refractivity contribution in [1.82, 2.24) is 27.4 Å². The highest BCUT2D eigenvalue weighted by atomic mass is 15.0. The lowest BCUT2D eigenvalue weighted by Crippen LogP contribution is -2.10. The largest absolute Gasteiger partial charge is 0.309 e. The van der Waals surface area contributed by atoms with Gasteiger partial charge in [0, 0.05) is 98.8 Å². The van der Waals surface area contributed by atoms with Crippen LogP contribution in [0.2, 0.25) is 0 Å². The Balaban J connectivity index is 0.000000128. The summed E-state index contributed by atoms with van der Waals surface area (Å²) in [5.74, 6) is 0. The number of rotatable bonds is 9. The molecule has 6 heterocycles. The summed E-state index contributed by atoms with van der Waals surface area (Å²) >= 11 is 0. The van der Waals surface area contributed by atoms with Crippen LogP contribution in [-0.4, -0.2) is 27.4 Å². The van der Waals surface area contributed by atoms with Gasteiger partial charge in [0.15, 0.2) is 0 Å². The van der Waals surface area contributed by atoms with E-state index in [0.717, 1.165) is 27.8 Å². The van der Waals surface area contributed by atoms with Gasteiger partial charge in [0.25, 0.3) is 0 Å². The van der Waals surface area contributed by atoms with Gasteiger partial charge in [0.2, 0.25) is 0 Å². The maximum atomic E-state index is 9.31. The van der Waals surface area contributed by atoms with Crippen LogP contribution in [-0.2, 0) is 16.2 Å². The molecule has 0 fully saturated rings. The zero-order valence-electron chi connectivity index (χ0n) is 93.7. The van der Waals surface area contributed by atoms with Crippen molar-refractivity contribution in [2.24, 2.45) is 0 Å². The molecule has 0 spiro atoms. The molecular weight excluding hydrogens is 1530 g/mol. The third-order valence-corrected chi connectivity index (χ3v) is 24.3. The summed E-state index contributed by atoms with van der Waals surface area (Å²) in [6.45, 7) is 19.0. The molecular formula is C120H96N6. The molecule has 0 bridgehead atoms. The Morgan fingerprint density at radius 2 is 0.389 bits per heavy atom. The number of hydrogen-bond acceptors (Lipinski definition) is 0. The van der Waals surface area contributed by atoms with E-state index in [1.807, 2.05) is 57.2 Å². The van der Waals surface area contributed by atoms with Gasteiger partial charge in [-0.15, -0.1) is 0 Å². The first-order valence-corrected chi connectivity index (χ1v) is 42.2. The number of hydrogen-bond donors (Lipinski definition) is 0. The van der Waals surface area contributed by atoms with Crippen LogP contribution in [0.1, 0.15) is 111 Å². The van der Waals surface area contributed by atoms with E-state index in [-0.39, 0.29) is 136 Å². The maximum Gasteiger partial charge on any atom is 0.0645 e. The third kappa shape index (κ3) is 13.2. The fourth-order valence-corrected chi connectivity index (χ4v) is 18.1. The van der Waals surface area contributed by atoms with E-state index in [4.69, 9.17) is 28.8 Å². The first-order chi connectivity index (χ1) is 71.0. The monoisotopic (exact) mass is 1640 g/mol. The summed E-state index contributed by atoms with van der Waals surface area (Å²) in [6.07, 6.45) is 0. The second kappa shape index (κ2) is 30.4. The Bertz CT molecular complexity index is 9720. The zero-order chi connectivity index (χ0) is 105. The van der Waals surface area contributed by atoms with E-state index in [9.17, 15) is 2.74 Å². The highest BCUT2D eigenvalue weighted by molar-refractivity contribution is 6.15. The van der Waals surface area contributed by atoms with E-state index >= 15 is 0 Å². The number of aromatic nitrogens is 6. The molecule has 6 heteroatoms. The molecule has 24 aromatic rings. The fraction of sp³-hybridized carbons (Fsp3) is 0.100. The molecule has 0 aliphatic rings. The predicted molar refractivity (Wildman–Crippen MR) is 538 cm³/mol. The summed E-state index contributed by atoms with van der Waals surface area (Å²) < 4.78 is 212. The lowest BCUT2D eigenvalue weighted by Gasteiger charge is -2.19. The van der Waals surface area contributed by atoms with Gasteiger partial charge in [0.1, 0.15) is 0 Å². The standard InChI is InChI=1S/3C40H32N2/c3*1-40(2,3)29-22-23-39-35(26-29)34-18-6-9-21-38(34)42(39)31-15-11-13-28(25-31)27-12-10-14-30(24-27)41-36-19-7-4-16-32(36)33-17-5-8-20-37(33)41/h3*4-26H,1-3H3/i4D,5D,6D,7D,8D,9D,16D,17D,18D,19D,20D,21D,22D,23D,26D;4D,5D,7D,8D,16D,17D,19D,20D;. The van der Waals surface area contributed by atoms with Crippen LogP contribution in [0, 0.1) is 0 Å². The Morgan fingerprint density at radius 1 is 0.167 bits per heavy atom. The molecule has 6 nitrogen and oxygen atoms in total. The minimum absolute atomic E-state index is 0.00206. The van der Waals surface area contributed by atoms with Crippen molar-refractivity contribution < 1.29 is 31.5 Å². The second-order valence-electron chi connectivity index (χ2n) is 35.2. The van der Waals surface area contributed by atoms with Crippen LogP contribution in [0.5, 0.6) is 0 Å². The number of nitrogens with zero attached hydrogens (tertiary/aromatic N) is 6. The zero-order valence-corrected chi connectivity index (χ0v) is 70.7. The second-order valence-corrected chi connectivity index (χ2v) is 35.2. The molecule has 606 valence electrons. The van der Waals surface area contributed by atoms with Gasteiger partial charge < -0.3 is 27.4 Å². The van der Waals surface area contributed by atoms with Crippen LogP contribution in [0.25, 0.3) is 198 Å². The Morgan fingerprint density at radius 3 is 0.659 bits per heavy atom. The van der Waals surface area contributed by atoms with E-state index in [1.54, 1.807) is 59.2 Å². The first kappa shape index (κ1) is 55.7. The summed E-state index contributed by atoms with van der Waals surface area (Å²) in [4.78, 5) is 0. The molecule has 126 heavy (non-hydrogen) atoms. The van der Waals surface area contributed by atoms with Gasteiger partial charge in [-0.3, -0.25) is 0 Å². The molecule has 0 N–H and O–H groups in total. The molecule has 0 radical (unpaired) electrons. The van der Waals surface area contributed by atoms with Crippen LogP contribution in [0.3, 0.4) is 0 Å². The van der Waals surface area contributed by atoms with E-state index in [1.165, 1.54) is 97.1 Å². The van der Waals surface area contributed by atoms with Gasteiger partial charge in [-0.05, 0) is 230 Å². The number of para-hydroxylation sites is 9. The van der Waals surface area contributed by atoms with E-state index < -0.39 is 90.0 Å². The van der Waals surface area contributed by atoms with Crippen LogP contribution in [0.15, 0.2) is 418 Å². The van der Waals surface area contributed by atoms with Crippen molar-refractivity contribution in [2.45, 2.75) is 78.6 Å². The minimum Gasteiger partial charge on any atom is -0.309 e. The normalized spacial score (nSPS) is 14.7. The minimum atomic E-state index is -0.734. The molecule has 0 saturated carbocycles. The smallest absolute Gasteiger partial charge is 0.0645 e. The fourth-order valence-electron chi connectivity index (χ4n) is 18.1. The number of fused-ring (bicyclic) bond motifs is 18. The quantitative estimate of drug-likeness (QED) is 0.138. The van der Waals surface area contributed by atoms with Gasteiger partial charge in [-0.25, -0.2) is 0 Å². The molecule has 0 unspecified atom stereocenters. The van der Waals surface area contributed by atoms with E-state index in [0.29, 0.717) is 28.2 Å². The van der Waals surface area contributed by atoms with E-state index in [2.05, 4.69) is 243 Å². The SMILES string of the molecule is CC(C)(C)c1ccc2c(c1)c1ccccc1n2-c1cccc(-c2cccc(-n3c4ccccc4c4ccccc43)c2)c1.[2H]c1c([2H])c([2H])c2c(c1[2H])c1c([2H])c([2H])c([2H])c([2H])c1n2-c1cccc(-c2cccc(-n3c4c([2H])c([2H])c([2H])c([2H])c4c4c([2H])c(C(C)(C)C)c([2H])c([2H])c43)c2)c1.[2H]c1c([2H])c([2H])c2c(c1[2H])c1c([2H])c([2H])c([2H])c([2H])c1n2-c1cccc(-c2cccc(-n3c4ccccc4c4cc(C(C)(C)C)ccc43)c2)c1. The van der Waals surface area contributed by atoms with Crippen LogP contribution in [0.4, 0.5) is 0 Å². The summed E-state index contributed by atoms with van der Waals surface area (Å²) in [7, 11) is 0. The topological polar surface area (TPSA) is 29.6 Å². The molecule has 24 rings (SSSR count). The van der Waals surface area contributed by atoms with Gasteiger partial charge >= 0.3 is 0 Å². The molecule has 6 aromatic heterocycles. The molecule has 0 amide bonds. The van der Waals surface area contributed by atoms with Crippen molar-refractivity contribution in [2.75, 3.05) is 0 Å². The Labute approximate surface area is 766 Å². The summed E-state index contributed by atoms with van der Waals surface area (Å²) in [5.41, 5.74) is 19.5. The molecule has 0 saturated heterocycles. The average molecular weight is 1650 g/mol. The molecule has 0 atom stereocenters. The Kier molecular flexibility index (Phi) is 13.4. The number of benzene rings is 18. The van der Waals surface area contributed by atoms with Crippen molar-refractivity contribution >= 4 is 131 Å². The Hall–Kier alpha value is -15.2. The summed E-state index contributed by atoms with van der Waals surface area (Å²) in [6, 6.07) is 86.2. The first-order valence-electron chi connectivity index (χ1n) is 53.7. The third-order valence-electron chi connectivity index (χ3n) is 24.3. The molecule has 0 aliphatic heterocycles. The van der Waals surface area contributed by atoms with Crippen molar-refractivity contribution in [1.29, 1.82) is 0 Å². The lowest BCUT2D eigenvalue weighted by molar-refractivity contribution is 0.591. The van der Waals surface area contributed by atoms with Crippen molar-refractivity contribution in [3.8, 4) is 67.5 Å². The highest BCUT2D eigenvalue weighted by Gasteiger charge is 2.25. The lowest BCUT2D eigenvalue weighted by atomic mass is 9.86.